The summed E-state index contributed by atoms with van der Waals surface area (Å²) in [6, 6.07) is 0. The molecule has 1 heteroatoms. The first-order chi connectivity index (χ1) is 7.74. The van der Waals surface area contributed by atoms with Gasteiger partial charge in [-0.2, -0.15) is 0 Å². The number of nitrogens with zero attached hydrogens (tertiary/aromatic N) is 1. The van der Waals surface area contributed by atoms with Gasteiger partial charge < -0.3 is 0 Å². The van der Waals surface area contributed by atoms with Gasteiger partial charge in [-0.1, -0.05) is 44.2 Å². The first kappa shape index (κ1) is 12.7. The Kier molecular flexibility index (Phi) is 4.97. The van der Waals surface area contributed by atoms with Crippen molar-refractivity contribution in [1.82, 2.24) is 0 Å². The Labute approximate surface area is 99.0 Å². The highest BCUT2D eigenvalue weighted by atomic mass is 14.7. The number of hydrogen-bond acceptors (Lipinski definition) is 1. The van der Waals surface area contributed by atoms with Gasteiger partial charge in [0.25, 0.3) is 0 Å². The van der Waals surface area contributed by atoms with Crippen molar-refractivity contribution in [2.24, 2.45) is 10.9 Å². The molecule has 86 valence electrons. The van der Waals surface area contributed by atoms with Gasteiger partial charge in [0.15, 0.2) is 0 Å². The molecule has 0 heterocycles. The molecule has 0 aliphatic heterocycles. The molecule has 0 aromatic heterocycles. The van der Waals surface area contributed by atoms with E-state index in [1.807, 2.05) is 19.2 Å². The number of rotatable bonds is 3. The molecule has 0 saturated carbocycles. The van der Waals surface area contributed by atoms with Crippen LogP contribution in [0.4, 0.5) is 0 Å². The van der Waals surface area contributed by atoms with Gasteiger partial charge in [0.1, 0.15) is 0 Å². The minimum absolute atomic E-state index is 0.559. The highest BCUT2D eigenvalue weighted by molar-refractivity contribution is 6.15. The highest BCUT2D eigenvalue weighted by Crippen LogP contribution is 2.24. The van der Waals surface area contributed by atoms with E-state index in [-0.39, 0.29) is 0 Å². The van der Waals surface area contributed by atoms with Gasteiger partial charge in [-0.15, -0.1) is 0 Å². The standard InChI is InChI=1S/C15H21N/c1-5-11-16-15-13(7-3)9-8-10-14(15)12(4)6-2/h5,7-12H,6H2,1-4H3/b11-5-,13-7-,16-15+. The molecule has 0 radical (unpaired) electrons. The molecular formula is C15H21N. The summed E-state index contributed by atoms with van der Waals surface area (Å²) in [6.07, 6.45) is 13.5. The topological polar surface area (TPSA) is 12.4 Å². The molecule has 0 aromatic rings. The maximum Gasteiger partial charge on any atom is 0.0733 e. The molecule has 0 saturated heterocycles. The van der Waals surface area contributed by atoms with Crippen LogP contribution in [0.3, 0.4) is 0 Å². The largest absolute Gasteiger partial charge is 0.256 e. The van der Waals surface area contributed by atoms with Gasteiger partial charge in [-0.3, -0.25) is 4.99 Å². The van der Waals surface area contributed by atoms with Crippen LogP contribution in [-0.4, -0.2) is 5.71 Å². The van der Waals surface area contributed by atoms with E-state index in [0.29, 0.717) is 5.92 Å². The molecule has 1 nitrogen and oxygen atoms in total. The number of hydrogen-bond donors (Lipinski definition) is 0. The fraction of sp³-hybridized carbons (Fsp3) is 0.400. The van der Waals surface area contributed by atoms with Crippen LogP contribution in [0.25, 0.3) is 0 Å². The zero-order chi connectivity index (χ0) is 12.0. The van der Waals surface area contributed by atoms with Crippen molar-refractivity contribution >= 4 is 5.71 Å². The van der Waals surface area contributed by atoms with Crippen LogP contribution in [0.15, 0.2) is 52.7 Å². The minimum atomic E-state index is 0.559. The molecule has 1 aliphatic rings. The molecule has 0 N–H and O–H groups in total. The zero-order valence-electron chi connectivity index (χ0n) is 10.7. The Bertz CT molecular complexity index is 378. The van der Waals surface area contributed by atoms with Crippen molar-refractivity contribution in [3.05, 3.63) is 47.7 Å². The second-order valence-electron chi connectivity index (χ2n) is 3.99. The molecule has 1 atom stereocenters. The zero-order valence-corrected chi connectivity index (χ0v) is 10.7. The van der Waals surface area contributed by atoms with E-state index < -0.39 is 0 Å². The van der Waals surface area contributed by atoms with E-state index in [1.165, 1.54) is 11.1 Å². The lowest BCUT2D eigenvalue weighted by Crippen LogP contribution is -2.14. The monoisotopic (exact) mass is 215 g/mol. The van der Waals surface area contributed by atoms with E-state index in [0.717, 1.165) is 12.1 Å². The maximum atomic E-state index is 4.55. The molecule has 0 aromatic carbocycles. The first-order valence-electron chi connectivity index (χ1n) is 5.98. The molecule has 0 spiro atoms. The predicted molar refractivity (Wildman–Crippen MR) is 72.7 cm³/mol. The van der Waals surface area contributed by atoms with Crippen molar-refractivity contribution < 1.29 is 0 Å². The summed E-state index contributed by atoms with van der Waals surface area (Å²) in [5.41, 5.74) is 3.68. The second-order valence-corrected chi connectivity index (χ2v) is 3.99. The van der Waals surface area contributed by atoms with Gasteiger partial charge in [-0.25, -0.2) is 0 Å². The molecule has 0 bridgehead atoms. The Morgan fingerprint density at radius 1 is 1.38 bits per heavy atom. The summed E-state index contributed by atoms with van der Waals surface area (Å²) in [4.78, 5) is 4.55. The van der Waals surface area contributed by atoms with Crippen molar-refractivity contribution in [2.45, 2.75) is 34.1 Å². The van der Waals surface area contributed by atoms with E-state index >= 15 is 0 Å². The Morgan fingerprint density at radius 2 is 2.12 bits per heavy atom. The summed E-state index contributed by atoms with van der Waals surface area (Å²) in [5, 5.41) is 0. The fourth-order valence-corrected chi connectivity index (χ4v) is 1.73. The van der Waals surface area contributed by atoms with E-state index in [9.17, 15) is 0 Å². The lowest BCUT2D eigenvalue weighted by atomic mass is 9.87. The quantitative estimate of drug-likeness (QED) is 0.659. The first-order valence-corrected chi connectivity index (χ1v) is 5.98. The SMILES string of the molecule is C\C=C/N=C1/C(C(C)CC)=CC=C/C1=C/C. The Morgan fingerprint density at radius 3 is 2.69 bits per heavy atom. The average molecular weight is 215 g/mol. The maximum absolute atomic E-state index is 4.55. The van der Waals surface area contributed by atoms with Gasteiger partial charge in [0.2, 0.25) is 0 Å². The van der Waals surface area contributed by atoms with Gasteiger partial charge >= 0.3 is 0 Å². The summed E-state index contributed by atoms with van der Waals surface area (Å²) >= 11 is 0. The summed E-state index contributed by atoms with van der Waals surface area (Å²) in [6.45, 7) is 8.52. The third-order valence-corrected chi connectivity index (χ3v) is 2.91. The lowest BCUT2D eigenvalue weighted by Gasteiger charge is -2.19. The predicted octanol–water partition coefficient (Wildman–Crippen LogP) is 4.45. The molecule has 16 heavy (non-hydrogen) atoms. The normalized spacial score (nSPS) is 23.1. The van der Waals surface area contributed by atoms with Crippen molar-refractivity contribution in [3.63, 3.8) is 0 Å². The third-order valence-electron chi connectivity index (χ3n) is 2.91. The molecule has 1 unspecified atom stereocenters. The van der Waals surface area contributed by atoms with Crippen molar-refractivity contribution in [3.8, 4) is 0 Å². The fourth-order valence-electron chi connectivity index (χ4n) is 1.73. The van der Waals surface area contributed by atoms with Gasteiger partial charge in [0.05, 0.1) is 5.71 Å². The summed E-state index contributed by atoms with van der Waals surface area (Å²) in [5.74, 6) is 0.559. The summed E-state index contributed by atoms with van der Waals surface area (Å²) in [7, 11) is 0. The van der Waals surface area contributed by atoms with Crippen molar-refractivity contribution in [1.29, 1.82) is 0 Å². The minimum Gasteiger partial charge on any atom is -0.256 e. The highest BCUT2D eigenvalue weighted by Gasteiger charge is 2.17. The average Bonchev–Trinajstić information content (AvgIpc) is 2.34. The molecule has 1 aliphatic carbocycles. The molecule has 0 amide bonds. The number of allylic oxidation sites excluding steroid dienone is 7. The van der Waals surface area contributed by atoms with Crippen LogP contribution in [0.5, 0.6) is 0 Å². The Hall–Kier alpha value is -1.37. The van der Waals surface area contributed by atoms with E-state index in [1.54, 1.807) is 0 Å². The van der Waals surface area contributed by atoms with Crippen LogP contribution in [0.2, 0.25) is 0 Å². The molecular weight excluding hydrogens is 194 g/mol. The van der Waals surface area contributed by atoms with Crippen LogP contribution >= 0.6 is 0 Å². The van der Waals surface area contributed by atoms with Crippen LogP contribution in [0, 0.1) is 5.92 Å². The Balaban J connectivity index is 3.13. The van der Waals surface area contributed by atoms with Crippen molar-refractivity contribution in [2.75, 3.05) is 0 Å². The van der Waals surface area contributed by atoms with Crippen LogP contribution in [0.1, 0.15) is 34.1 Å². The summed E-state index contributed by atoms with van der Waals surface area (Å²) < 4.78 is 0. The lowest BCUT2D eigenvalue weighted by molar-refractivity contribution is 0.677. The third kappa shape index (κ3) is 2.82. The van der Waals surface area contributed by atoms with Crippen LogP contribution in [-0.2, 0) is 0 Å². The second kappa shape index (κ2) is 6.26. The van der Waals surface area contributed by atoms with Gasteiger partial charge in [0, 0.05) is 6.20 Å². The van der Waals surface area contributed by atoms with Crippen LogP contribution < -0.4 is 0 Å². The number of aliphatic imine (C=N–C) groups is 1. The molecule has 0 fully saturated rings. The smallest absolute Gasteiger partial charge is 0.0733 e. The van der Waals surface area contributed by atoms with Gasteiger partial charge in [-0.05, 0) is 37.3 Å². The van der Waals surface area contributed by atoms with E-state index in [2.05, 4.69) is 50.1 Å². The van der Waals surface area contributed by atoms with E-state index in [4.69, 9.17) is 0 Å². The molecule has 1 rings (SSSR count).